The molecule has 2 aliphatic heterocycles. The molecule has 4 nitrogen and oxygen atoms in total. The van der Waals surface area contributed by atoms with Gasteiger partial charge in [0.05, 0.1) is 11.3 Å². The first kappa shape index (κ1) is 20.1. The molecule has 2 aromatic rings. The molecular formula is C23H27F3N4S. The van der Waals surface area contributed by atoms with Gasteiger partial charge in [0.15, 0.2) is 0 Å². The maximum absolute atomic E-state index is 13.1. The lowest BCUT2D eigenvalue weighted by molar-refractivity contribution is -0.137. The van der Waals surface area contributed by atoms with Crippen LogP contribution < -0.4 is 0 Å². The summed E-state index contributed by atoms with van der Waals surface area (Å²) in [6.45, 7) is 5.32. The van der Waals surface area contributed by atoms with Crippen LogP contribution in [0.25, 0.3) is 11.3 Å². The fraction of sp³-hybridized carbons (Fsp3) is 0.652. The summed E-state index contributed by atoms with van der Waals surface area (Å²) < 4.78 is 41.3. The highest BCUT2D eigenvalue weighted by molar-refractivity contribution is 8.00. The van der Waals surface area contributed by atoms with Gasteiger partial charge in [-0.2, -0.15) is 30.0 Å². The summed E-state index contributed by atoms with van der Waals surface area (Å²) in [5.41, 5.74) is 2.12. The van der Waals surface area contributed by atoms with Crippen LogP contribution >= 0.6 is 11.8 Å². The second-order valence-corrected chi connectivity index (χ2v) is 10.9. The normalized spacial score (nSPS) is 31.7. The Balaban J connectivity index is 1.18. The maximum Gasteiger partial charge on any atom is 0.417 e. The van der Waals surface area contributed by atoms with Crippen LogP contribution in [0.2, 0.25) is 0 Å². The van der Waals surface area contributed by atoms with E-state index in [4.69, 9.17) is 0 Å². The van der Waals surface area contributed by atoms with Gasteiger partial charge < -0.3 is 0 Å². The molecule has 31 heavy (non-hydrogen) atoms. The van der Waals surface area contributed by atoms with Gasteiger partial charge in [-0.1, -0.05) is 0 Å². The van der Waals surface area contributed by atoms with Crippen molar-refractivity contribution < 1.29 is 13.2 Å². The highest BCUT2D eigenvalue weighted by Crippen LogP contribution is 2.64. The Morgan fingerprint density at radius 1 is 1.16 bits per heavy atom. The monoisotopic (exact) mass is 448 g/mol. The van der Waals surface area contributed by atoms with Crippen molar-refractivity contribution in [3.63, 3.8) is 0 Å². The Bertz CT molecular complexity index is 987. The van der Waals surface area contributed by atoms with E-state index in [1.54, 1.807) is 0 Å². The molecule has 0 aromatic carbocycles. The largest absolute Gasteiger partial charge is 0.417 e. The molecule has 6 rings (SSSR count). The quantitative estimate of drug-likeness (QED) is 0.665. The van der Waals surface area contributed by atoms with Gasteiger partial charge >= 0.3 is 6.18 Å². The van der Waals surface area contributed by atoms with E-state index in [1.807, 2.05) is 17.7 Å². The molecule has 2 unspecified atom stereocenters. The van der Waals surface area contributed by atoms with Crippen molar-refractivity contribution in [2.24, 2.45) is 17.3 Å². The molecule has 4 heterocycles. The van der Waals surface area contributed by atoms with Gasteiger partial charge in [-0.05, 0) is 56.7 Å². The van der Waals surface area contributed by atoms with E-state index in [2.05, 4.69) is 26.7 Å². The van der Waals surface area contributed by atoms with Gasteiger partial charge in [0.25, 0.3) is 0 Å². The average Bonchev–Trinajstić information content (AvgIpc) is 3.19. The standard InChI is InChI=1S/C23H27F3N4S/c1-2-30-20(8-19(28-30)14-5-15(10-27-9-14)23(24,25)26)21-17-6-16(7-18(17)21)29-4-3-22(11-29)12-31-13-22/h5,8-10,16-18,21H,2-4,6-7,11-13H2,1H3. The summed E-state index contributed by atoms with van der Waals surface area (Å²) >= 11 is 2.09. The zero-order valence-electron chi connectivity index (χ0n) is 17.6. The number of aromatic nitrogens is 3. The Morgan fingerprint density at radius 3 is 2.55 bits per heavy atom. The van der Waals surface area contributed by atoms with Crippen LogP contribution in [-0.2, 0) is 12.7 Å². The van der Waals surface area contributed by atoms with Crippen molar-refractivity contribution in [3.8, 4) is 11.3 Å². The number of likely N-dealkylation sites (tertiary alicyclic amines) is 1. The van der Waals surface area contributed by atoms with Crippen molar-refractivity contribution in [2.45, 2.75) is 50.9 Å². The molecule has 0 N–H and O–H groups in total. The smallest absolute Gasteiger partial charge is 0.300 e. The number of alkyl halides is 3. The first-order chi connectivity index (χ1) is 14.9. The topological polar surface area (TPSA) is 34.0 Å². The van der Waals surface area contributed by atoms with Crippen molar-refractivity contribution in [3.05, 3.63) is 35.8 Å². The molecule has 2 atom stereocenters. The molecule has 4 fully saturated rings. The van der Waals surface area contributed by atoms with Gasteiger partial charge in [0.1, 0.15) is 0 Å². The molecule has 2 saturated heterocycles. The van der Waals surface area contributed by atoms with E-state index in [0.29, 0.717) is 34.4 Å². The Kier molecular flexibility index (Phi) is 4.52. The van der Waals surface area contributed by atoms with Crippen molar-refractivity contribution in [1.82, 2.24) is 19.7 Å². The van der Waals surface area contributed by atoms with E-state index in [1.165, 1.54) is 55.7 Å². The van der Waals surface area contributed by atoms with E-state index in [-0.39, 0.29) is 0 Å². The first-order valence-corrected chi connectivity index (χ1v) is 12.4. The highest BCUT2D eigenvalue weighted by atomic mass is 32.2. The Morgan fingerprint density at radius 2 is 1.94 bits per heavy atom. The van der Waals surface area contributed by atoms with Gasteiger partial charge in [0, 0.05) is 65.6 Å². The van der Waals surface area contributed by atoms with Crippen molar-refractivity contribution in [1.29, 1.82) is 0 Å². The van der Waals surface area contributed by atoms with E-state index in [0.717, 1.165) is 24.8 Å². The molecule has 166 valence electrons. The zero-order chi connectivity index (χ0) is 21.4. The van der Waals surface area contributed by atoms with Crippen LogP contribution in [0.3, 0.4) is 0 Å². The number of nitrogens with zero attached hydrogens (tertiary/aromatic N) is 4. The predicted octanol–water partition coefficient (Wildman–Crippen LogP) is 4.91. The van der Waals surface area contributed by atoms with Crippen LogP contribution in [0.15, 0.2) is 24.5 Å². The third-order valence-corrected chi connectivity index (χ3v) is 9.67. The molecule has 2 saturated carbocycles. The van der Waals surface area contributed by atoms with E-state index >= 15 is 0 Å². The molecule has 1 spiro atoms. The third-order valence-electron chi connectivity index (χ3n) is 8.03. The Labute approximate surface area is 184 Å². The lowest BCUT2D eigenvalue weighted by atomic mass is 9.91. The van der Waals surface area contributed by atoms with Crippen molar-refractivity contribution >= 4 is 11.8 Å². The van der Waals surface area contributed by atoms with Crippen LogP contribution in [-0.4, -0.2) is 50.3 Å². The average molecular weight is 449 g/mol. The second-order valence-electron chi connectivity index (χ2n) is 9.92. The Hall–Kier alpha value is -1.54. The van der Waals surface area contributed by atoms with Gasteiger partial charge in [0.2, 0.25) is 0 Å². The molecule has 0 bridgehead atoms. The van der Waals surface area contributed by atoms with Crippen LogP contribution in [0.5, 0.6) is 0 Å². The number of pyridine rings is 1. The second kappa shape index (κ2) is 6.98. The molecular weight excluding hydrogens is 421 g/mol. The summed E-state index contributed by atoms with van der Waals surface area (Å²) in [5.74, 6) is 4.59. The summed E-state index contributed by atoms with van der Waals surface area (Å²) in [4.78, 5) is 6.56. The lowest BCUT2D eigenvalue weighted by Gasteiger charge is -2.38. The van der Waals surface area contributed by atoms with Gasteiger partial charge in [-0.25, -0.2) is 0 Å². The molecule has 2 aliphatic carbocycles. The van der Waals surface area contributed by atoms with Crippen LogP contribution in [0.4, 0.5) is 13.2 Å². The molecule has 0 amide bonds. The number of aryl methyl sites for hydroxylation is 1. The molecule has 8 heteroatoms. The summed E-state index contributed by atoms with van der Waals surface area (Å²) in [6.07, 6.45) is 1.84. The number of fused-ring (bicyclic) bond motifs is 1. The van der Waals surface area contributed by atoms with Gasteiger partial charge in [-0.15, -0.1) is 0 Å². The van der Waals surface area contributed by atoms with E-state index in [9.17, 15) is 13.2 Å². The fourth-order valence-electron chi connectivity index (χ4n) is 6.29. The number of halogens is 3. The molecule has 2 aromatic heterocycles. The number of hydrogen-bond acceptors (Lipinski definition) is 4. The minimum Gasteiger partial charge on any atom is -0.300 e. The number of rotatable bonds is 4. The minimum atomic E-state index is -4.39. The fourth-order valence-corrected chi connectivity index (χ4v) is 7.54. The highest BCUT2D eigenvalue weighted by Gasteiger charge is 2.59. The summed E-state index contributed by atoms with van der Waals surface area (Å²) in [5, 5.41) is 4.64. The van der Waals surface area contributed by atoms with Crippen LogP contribution in [0.1, 0.15) is 43.4 Å². The zero-order valence-corrected chi connectivity index (χ0v) is 18.4. The number of hydrogen-bond donors (Lipinski definition) is 0. The SMILES string of the molecule is CCn1nc(-c2cncc(C(F)(F)F)c2)cc1C1C2CC(N3CCC4(CSC4)C3)CC21. The summed E-state index contributed by atoms with van der Waals surface area (Å²) in [6, 6.07) is 3.89. The predicted molar refractivity (Wildman–Crippen MR) is 115 cm³/mol. The summed E-state index contributed by atoms with van der Waals surface area (Å²) in [7, 11) is 0. The van der Waals surface area contributed by atoms with Gasteiger partial charge in [-0.3, -0.25) is 14.6 Å². The number of thioether (sulfide) groups is 1. The maximum atomic E-state index is 13.1. The minimum absolute atomic E-state index is 0.438. The van der Waals surface area contributed by atoms with Crippen LogP contribution in [0, 0.1) is 17.3 Å². The lowest BCUT2D eigenvalue weighted by Crippen LogP contribution is -2.41. The first-order valence-electron chi connectivity index (χ1n) is 11.3. The van der Waals surface area contributed by atoms with Crippen molar-refractivity contribution in [2.75, 3.05) is 24.6 Å². The third kappa shape index (κ3) is 3.32. The molecule has 0 radical (unpaired) electrons. The molecule has 4 aliphatic rings. The van der Waals surface area contributed by atoms with E-state index < -0.39 is 11.7 Å².